The molecule has 0 aliphatic carbocycles. The molecule has 2 aromatic rings. The standard InChI is InChI=1S/C12H16N2S/c1-5-12(3,4)9-7-6-8(2)10-11(9)14-15-13-10/h6-7H,5H2,1-4H3. The summed E-state index contributed by atoms with van der Waals surface area (Å²) in [5.41, 5.74) is 4.88. The fourth-order valence-corrected chi connectivity index (χ4v) is 2.35. The lowest BCUT2D eigenvalue weighted by molar-refractivity contribution is 0.510. The summed E-state index contributed by atoms with van der Waals surface area (Å²) < 4.78 is 8.78. The van der Waals surface area contributed by atoms with E-state index in [2.05, 4.69) is 48.6 Å². The molecule has 1 aromatic heterocycles. The summed E-state index contributed by atoms with van der Waals surface area (Å²) in [5, 5.41) is 0. The van der Waals surface area contributed by atoms with Crippen LogP contribution in [0.5, 0.6) is 0 Å². The highest BCUT2D eigenvalue weighted by Crippen LogP contribution is 2.32. The van der Waals surface area contributed by atoms with Crippen LogP contribution in [0.4, 0.5) is 0 Å². The quantitative estimate of drug-likeness (QED) is 0.771. The van der Waals surface area contributed by atoms with Gasteiger partial charge >= 0.3 is 0 Å². The number of nitrogens with zero attached hydrogens (tertiary/aromatic N) is 2. The Kier molecular flexibility index (Phi) is 2.51. The van der Waals surface area contributed by atoms with Crippen LogP contribution < -0.4 is 0 Å². The molecule has 0 bridgehead atoms. The Hall–Kier alpha value is -0.960. The fraction of sp³-hybridized carbons (Fsp3) is 0.500. The second-order valence-corrected chi connectivity index (χ2v) is 5.16. The Bertz CT molecular complexity index is 485. The third-order valence-corrected chi connectivity index (χ3v) is 3.76. The monoisotopic (exact) mass is 220 g/mol. The molecular formula is C12H16N2S. The zero-order valence-corrected chi connectivity index (χ0v) is 10.5. The van der Waals surface area contributed by atoms with Gasteiger partial charge in [0.15, 0.2) is 0 Å². The lowest BCUT2D eigenvalue weighted by Crippen LogP contribution is -2.16. The maximum atomic E-state index is 4.42. The van der Waals surface area contributed by atoms with Crippen molar-refractivity contribution in [2.24, 2.45) is 0 Å². The first kappa shape index (κ1) is 10.6. The van der Waals surface area contributed by atoms with Crippen LogP contribution in [-0.4, -0.2) is 8.75 Å². The van der Waals surface area contributed by atoms with Gasteiger partial charge < -0.3 is 0 Å². The van der Waals surface area contributed by atoms with E-state index in [1.54, 1.807) is 0 Å². The first-order valence-electron chi connectivity index (χ1n) is 5.28. The highest BCUT2D eigenvalue weighted by atomic mass is 32.1. The Labute approximate surface area is 94.7 Å². The smallest absolute Gasteiger partial charge is 0.108 e. The average molecular weight is 220 g/mol. The van der Waals surface area contributed by atoms with E-state index < -0.39 is 0 Å². The molecule has 0 radical (unpaired) electrons. The molecule has 2 rings (SSSR count). The number of hydrogen-bond donors (Lipinski definition) is 0. The minimum atomic E-state index is 0.182. The molecule has 0 saturated carbocycles. The second kappa shape index (κ2) is 3.56. The van der Waals surface area contributed by atoms with Crippen molar-refractivity contribution in [1.29, 1.82) is 0 Å². The highest BCUT2D eigenvalue weighted by Gasteiger charge is 2.22. The summed E-state index contributed by atoms with van der Waals surface area (Å²) in [6, 6.07) is 4.35. The van der Waals surface area contributed by atoms with Gasteiger partial charge in [0.25, 0.3) is 0 Å². The van der Waals surface area contributed by atoms with Gasteiger partial charge in [0.2, 0.25) is 0 Å². The van der Waals surface area contributed by atoms with Crippen molar-refractivity contribution in [3.8, 4) is 0 Å². The maximum Gasteiger partial charge on any atom is 0.108 e. The average Bonchev–Trinajstić information content (AvgIpc) is 2.67. The van der Waals surface area contributed by atoms with Crippen LogP contribution in [0.1, 0.15) is 38.3 Å². The fourth-order valence-electron chi connectivity index (χ4n) is 1.73. The van der Waals surface area contributed by atoms with E-state index in [0.29, 0.717) is 0 Å². The molecule has 15 heavy (non-hydrogen) atoms. The van der Waals surface area contributed by atoms with Crippen LogP contribution >= 0.6 is 11.7 Å². The minimum Gasteiger partial charge on any atom is -0.173 e. The Balaban J connectivity index is 2.72. The summed E-state index contributed by atoms with van der Waals surface area (Å²) in [4.78, 5) is 0. The number of benzene rings is 1. The molecule has 0 aliphatic rings. The van der Waals surface area contributed by atoms with Crippen LogP contribution in [0.3, 0.4) is 0 Å². The van der Waals surface area contributed by atoms with Crippen LogP contribution in [-0.2, 0) is 5.41 Å². The van der Waals surface area contributed by atoms with Crippen molar-refractivity contribution >= 4 is 22.8 Å². The predicted octanol–water partition coefficient (Wildman–Crippen LogP) is 3.69. The first-order chi connectivity index (χ1) is 7.06. The van der Waals surface area contributed by atoms with E-state index in [1.807, 2.05) is 0 Å². The molecule has 3 heteroatoms. The Morgan fingerprint density at radius 3 is 2.53 bits per heavy atom. The van der Waals surface area contributed by atoms with Gasteiger partial charge in [-0.25, -0.2) is 0 Å². The lowest BCUT2D eigenvalue weighted by Gasteiger charge is -2.23. The van der Waals surface area contributed by atoms with Gasteiger partial charge in [0.1, 0.15) is 11.0 Å². The summed E-state index contributed by atoms with van der Waals surface area (Å²) >= 11 is 1.31. The van der Waals surface area contributed by atoms with E-state index >= 15 is 0 Å². The zero-order valence-electron chi connectivity index (χ0n) is 9.66. The summed E-state index contributed by atoms with van der Waals surface area (Å²) in [7, 11) is 0. The van der Waals surface area contributed by atoms with E-state index in [-0.39, 0.29) is 5.41 Å². The van der Waals surface area contributed by atoms with Gasteiger partial charge in [-0.3, -0.25) is 0 Å². The molecular weight excluding hydrogens is 204 g/mol. The van der Waals surface area contributed by atoms with Crippen molar-refractivity contribution in [3.05, 3.63) is 23.3 Å². The molecule has 0 unspecified atom stereocenters. The van der Waals surface area contributed by atoms with Gasteiger partial charge in [0.05, 0.1) is 11.7 Å². The van der Waals surface area contributed by atoms with Crippen LogP contribution in [0, 0.1) is 6.92 Å². The van der Waals surface area contributed by atoms with E-state index in [0.717, 1.165) is 17.5 Å². The third kappa shape index (κ3) is 1.65. The third-order valence-electron chi connectivity index (χ3n) is 3.23. The maximum absolute atomic E-state index is 4.42. The molecule has 1 heterocycles. The van der Waals surface area contributed by atoms with Crippen LogP contribution in [0.15, 0.2) is 12.1 Å². The number of aromatic nitrogens is 2. The molecule has 0 aliphatic heterocycles. The van der Waals surface area contributed by atoms with Gasteiger partial charge in [-0.15, -0.1) is 0 Å². The number of fused-ring (bicyclic) bond motifs is 1. The van der Waals surface area contributed by atoms with Gasteiger partial charge in [-0.05, 0) is 29.9 Å². The van der Waals surface area contributed by atoms with Crippen LogP contribution in [0.2, 0.25) is 0 Å². The molecule has 0 saturated heterocycles. The van der Waals surface area contributed by atoms with Crippen molar-refractivity contribution in [3.63, 3.8) is 0 Å². The van der Waals surface area contributed by atoms with Gasteiger partial charge in [0, 0.05) is 0 Å². The second-order valence-electron chi connectivity index (χ2n) is 4.63. The van der Waals surface area contributed by atoms with Crippen molar-refractivity contribution in [2.45, 2.75) is 39.5 Å². The highest BCUT2D eigenvalue weighted by molar-refractivity contribution is 7.00. The van der Waals surface area contributed by atoms with Gasteiger partial charge in [-0.1, -0.05) is 32.9 Å². The largest absolute Gasteiger partial charge is 0.173 e. The van der Waals surface area contributed by atoms with Gasteiger partial charge in [-0.2, -0.15) is 8.75 Å². The molecule has 0 amide bonds. The zero-order chi connectivity index (χ0) is 11.1. The molecule has 0 atom stereocenters. The van der Waals surface area contributed by atoms with E-state index in [1.165, 1.54) is 22.9 Å². The number of rotatable bonds is 2. The molecule has 80 valence electrons. The summed E-state index contributed by atoms with van der Waals surface area (Å²) in [6.45, 7) is 8.82. The number of hydrogen-bond acceptors (Lipinski definition) is 3. The van der Waals surface area contributed by atoms with E-state index in [4.69, 9.17) is 0 Å². The predicted molar refractivity (Wildman–Crippen MR) is 65.5 cm³/mol. The molecule has 0 spiro atoms. The first-order valence-corrected chi connectivity index (χ1v) is 6.01. The SMILES string of the molecule is CCC(C)(C)c1ccc(C)c2nsnc12. The minimum absolute atomic E-state index is 0.182. The van der Waals surface area contributed by atoms with E-state index in [9.17, 15) is 0 Å². The van der Waals surface area contributed by atoms with Crippen LogP contribution in [0.25, 0.3) is 11.0 Å². The molecule has 1 aromatic carbocycles. The molecule has 0 N–H and O–H groups in total. The number of aryl methyl sites for hydroxylation is 1. The lowest BCUT2D eigenvalue weighted by atomic mass is 9.81. The normalized spacial score (nSPS) is 12.3. The Morgan fingerprint density at radius 1 is 1.20 bits per heavy atom. The molecule has 0 fully saturated rings. The van der Waals surface area contributed by atoms with Crippen molar-refractivity contribution < 1.29 is 0 Å². The summed E-state index contributed by atoms with van der Waals surface area (Å²) in [6.07, 6.45) is 1.11. The summed E-state index contributed by atoms with van der Waals surface area (Å²) in [5.74, 6) is 0. The Morgan fingerprint density at radius 2 is 1.87 bits per heavy atom. The van der Waals surface area contributed by atoms with Crippen molar-refractivity contribution in [1.82, 2.24) is 8.75 Å². The molecule has 2 nitrogen and oxygen atoms in total. The van der Waals surface area contributed by atoms with Crippen molar-refractivity contribution in [2.75, 3.05) is 0 Å². The topological polar surface area (TPSA) is 25.8 Å².